The van der Waals surface area contributed by atoms with Crippen molar-refractivity contribution in [1.29, 1.82) is 0 Å². The van der Waals surface area contributed by atoms with Crippen LogP contribution in [0.15, 0.2) is 29.8 Å². The van der Waals surface area contributed by atoms with Gasteiger partial charge in [-0.2, -0.15) is 13.2 Å². The molecular formula is C13H14F3NO3. The zero-order valence-corrected chi connectivity index (χ0v) is 10.9. The highest BCUT2D eigenvalue weighted by Gasteiger charge is 2.31. The van der Waals surface area contributed by atoms with E-state index in [4.69, 9.17) is 11.0 Å². The molecule has 110 valence electrons. The summed E-state index contributed by atoms with van der Waals surface area (Å²) in [6, 6.07) is 4.33. The Labute approximate surface area is 113 Å². The van der Waals surface area contributed by atoms with Crippen LogP contribution in [-0.2, 0) is 15.8 Å². The van der Waals surface area contributed by atoms with Crippen LogP contribution in [0.5, 0.6) is 0 Å². The fourth-order valence-electron chi connectivity index (χ4n) is 1.53. The molecule has 0 spiro atoms. The topological polar surface area (TPSA) is 72.5 Å². The number of rotatable bonds is 4. The van der Waals surface area contributed by atoms with E-state index >= 15 is 0 Å². The first-order valence-corrected chi connectivity index (χ1v) is 5.58. The second-order valence-corrected chi connectivity index (χ2v) is 4.61. The Morgan fingerprint density at radius 2 is 1.95 bits per heavy atom. The molecule has 0 aliphatic carbocycles. The molecule has 0 fully saturated rings. The largest absolute Gasteiger partial charge is 0.478 e. The van der Waals surface area contributed by atoms with Crippen molar-refractivity contribution in [3.63, 3.8) is 0 Å². The zero-order valence-electron chi connectivity index (χ0n) is 10.9. The quantitative estimate of drug-likeness (QED) is 0.660. The first-order chi connectivity index (χ1) is 9.08. The maximum absolute atomic E-state index is 12.6. The van der Waals surface area contributed by atoms with Gasteiger partial charge < -0.3 is 5.11 Å². The lowest BCUT2D eigenvalue weighted by molar-refractivity contribution is -0.137. The Kier molecular flexibility index (Phi) is 4.57. The van der Waals surface area contributed by atoms with Gasteiger partial charge in [0.1, 0.15) is 5.60 Å². The predicted molar refractivity (Wildman–Crippen MR) is 66.4 cm³/mol. The number of carboxylic acids is 1. The van der Waals surface area contributed by atoms with Gasteiger partial charge in [-0.05, 0) is 37.6 Å². The molecule has 0 heterocycles. The van der Waals surface area contributed by atoms with E-state index in [0.717, 1.165) is 18.2 Å². The molecule has 0 atom stereocenters. The fourth-order valence-corrected chi connectivity index (χ4v) is 1.53. The van der Waals surface area contributed by atoms with Gasteiger partial charge in [-0.25, -0.2) is 10.7 Å². The Hall–Kier alpha value is -1.86. The van der Waals surface area contributed by atoms with Crippen LogP contribution in [0, 0.1) is 0 Å². The van der Waals surface area contributed by atoms with Crippen LogP contribution >= 0.6 is 0 Å². The van der Waals surface area contributed by atoms with Gasteiger partial charge in [0, 0.05) is 0 Å². The molecule has 1 aromatic rings. The molecule has 0 bridgehead atoms. The molecule has 20 heavy (non-hydrogen) atoms. The Bertz CT molecular complexity index is 536. The van der Waals surface area contributed by atoms with Gasteiger partial charge in [-0.3, -0.25) is 4.84 Å². The van der Waals surface area contributed by atoms with Crippen LogP contribution in [0.25, 0.3) is 6.08 Å². The van der Waals surface area contributed by atoms with Crippen molar-refractivity contribution < 1.29 is 27.9 Å². The van der Waals surface area contributed by atoms with Gasteiger partial charge in [0.05, 0.1) is 11.1 Å². The molecule has 0 unspecified atom stereocenters. The van der Waals surface area contributed by atoms with Crippen molar-refractivity contribution in [2.75, 3.05) is 0 Å². The van der Waals surface area contributed by atoms with Crippen LogP contribution < -0.4 is 5.90 Å². The molecule has 0 aliphatic rings. The van der Waals surface area contributed by atoms with Crippen molar-refractivity contribution >= 4 is 12.0 Å². The molecule has 4 nitrogen and oxygen atoms in total. The molecule has 7 heteroatoms. The minimum Gasteiger partial charge on any atom is -0.478 e. The van der Waals surface area contributed by atoms with Crippen molar-refractivity contribution in [3.05, 3.63) is 41.0 Å². The SMILES string of the molecule is CC(C)(ON)C(=Cc1cccc(C(F)(F)F)c1)C(=O)O. The van der Waals surface area contributed by atoms with Gasteiger partial charge >= 0.3 is 12.1 Å². The van der Waals surface area contributed by atoms with E-state index in [0.29, 0.717) is 0 Å². The van der Waals surface area contributed by atoms with Gasteiger partial charge in [0.15, 0.2) is 0 Å². The summed E-state index contributed by atoms with van der Waals surface area (Å²) >= 11 is 0. The first kappa shape index (κ1) is 16.2. The summed E-state index contributed by atoms with van der Waals surface area (Å²) in [5, 5.41) is 9.10. The Balaban J connectivity index is 3.29. The fraction of sp³-hybridized carbons (Fsp3) is 0.308. The highest BCUT2D eigenvalue weighted by atomic mass is 19.4. The predicted octanol–water partition coefficient (Wildman–Crippen LogP) is 2.84. The lowest BCUT2D eigenvalue weighted by atomic mass is 9.95. The Morgan fingerprint density at radius 1 is 1.35 bits per heavy atom. The van der Waals surface area contributed by atoms with Crippen molar-refractivity contribution in [2.24, 2.45) is 5.90 Å². The molecule has 3 N–H and O–H groups in total. The number of carbonyl (C=O) groups is 1. The minimum absolute atomic E-state index is 0.0994. The number of hydrogen-bond donors (Lipinski definition) is 2. The summed E-state index contributed by atoms with van der Waals surface area (Å²) in [6.45, 7) is 2.81. The third-order valence-corrected chi connectivity index (χ3v) is 2.70. The number of nitrogens with two attached hydrogens (primary N) is 1. The maximum atomic E-state index is 12.6. The van der Waals surface area contributed by atoms with E-state index < -0.39 is 23.3 Å². The molecule has 0 aliphatic heterocycles. The molecular weight excluding hydrogens is 275 g/mol. The summed E-state index contributed by atoms with van der Waals surface area (Å²) < 4.78 is 37.7. The standard InChI is InChI=1S/C13H14F3NO3/c1-12(2,20-17)10(11(18)19)7-8-4-3-5-9(6-8)13(14,15)16/h3-7H,17H2,1-2H3,(H,18,19). The normalized spacial score (nSPS) is 13.4. The lowest BCUT2D eigenvalue weighted by Gasteiger charge is -2.22. The van der Waals surface area contributed by atoms with Crippen molar-refractivity contribution in [2.45, 2.75) is 25.6 Å². The van der Waals surface area contributed by atoms with Gasteiger partial charge in [-0.15, -0.1) is 0 Å². The van der Waals surface area contributed by atoms with Crippen LogP contribution in [0.4, 0.5) is 13.2 Å². The molecule has 1 rings (SSSR count). The summed E-state index contributed by atoms with van der Waals surface area (Å²) in [5.74, 6) is 3.69. The van der Waals surface area contributed by atoms with E-state index in [1.165, 1.54) is 26.0 Å². The number of benzene rings is 1. The van der Waals surface area contributed by atoms with E-state index in [1.807, 2.05) is 0 Å². The Morgan fingerprint density at radius 3 is 2.40 bits per heavy atom. The number of halogens is 3. The summed E-state index contributed by atoms with van der Waals surface area (Å²) in [5.41, 5.74) is -2.34. The second-order valence-electron chi connectivity index (χ2n) is 4.61. The summed E-state index contributed by atoms with van der Waals surface area (Å²) in [4.78, 5) is 15.7. The highest BCUT2D eigenvalue weighted by molar-refractivity contribution is 5.94. The van der Waals surface area contributed by atoms with Crippen LogP contribution in [0.1, 0.15) is 25.0 Å². The average molecular weight is 289 g/mol. The molecule has 0 saturated heterocycles. The van der Waals surface area contributed by atoms with Gasteiger partial charge in [0.25, 0.3) is 0 Å². The van der Waals surface area contributed by atoms with E-state index in [-0.39, 0.29) is 11.1 Å². The summed E-state index contributed by atoms with van der Waals surface area (Å²) in [6.07, 6.45) is -3.39. The minimum atomic E-state index is -4.49. The van der Waals surface area contributed by atoms with Gasteiger partial charge in [-0.1, -0.05) is 12.1 Å². The highest BCUT2D eigenvalue weighted by Crippen LogP contribution is 2.30. The molecule has 0 aromatic heterocycles. The molecule has 1 aromatic carbocycles. The van der Waals surface area contributed by atoms with Crippen molar-refractivity contribution in [3.8, 4) is 0 Å². The monoisotopic (exact) mass is 289 g/mol. The molecule has 0 radical (unpaired) electrons. The van der Waals surface area contributed by atoms with E-state index in [9.17, 15) is 18.0 Å². The maximum Gasteiger partial charge on any atom is 0.416 e. The molecule has 0 amide bonds. The van der Waals surface area contributed by atoms with Crippen LogP contribution in [0.2, 0.25) is 0 Å². The number of hydrogen-bond acceptors (Lipinski definition) is 3. The zero-order chi connectivity index (χ0) is 15.6. The van der Waals surface area contributed by atoms with Gasteiger partial charge in [0.2, 0.25) is 0 Å². The van der Waals surface area contributed by atoms with E-state index in [1.54, 1.807) is 0 Å². The third-order valence-electron chi connectivity index (χ3n) is 2.70. The van der Waals surface area contributed by atoms with E-state index in [2.05, 4.69) is 4.84 Å². The lowest BCUT2D eigenvalue weighted by Crippen LogP contribution is -2.34. The van der Waals surface area contributed by atoms with Crippen LogP contribution in [-0.4, -0.2) is 16.7 Å². The smallest absolute Gasteiger partial charge is 0.416 e. The average Bonchev–Trinajstić information content (AvgIpc) is 2.34. The number of aliphatic carboxylic acids is 1. The second kappa shape index (κ2) is 5.64. The van der Waals surface area contributed by atoms with Crippen molar-refractivity contribution in [1.82, 2.24) is 0 Å². The summed E-state index contributed by atoms with van der Waals surface area (Å²) in [7, 11) is 0. The third kappa shape index (κ3) is 3.82. The van der Waals surface area contributed by atoms with Crippen LogP contribution in [0.3, 0.4) is 0 Å². The number of carboxylic acid groups (broad SMARTS) is 1. The first-order valence-electron chi connectivity index (χ1n) is 5.58. The molecule has 0 saturated carbocycles. The number of alkyl halides is 3.